The first kappa shape index (κ1) is 12.6. The van der Waals surface area contributed by atoms with Gasteiger partial charge in [0, 0.05) is 19.2 Å². The summed E-state index contributed by atoms with van der Waals surface area (Å²) in [6.45, 7) is 0.643. The number of imidazole rings is 1. The molecule has 1 heterocycles. The van der Waals surface area contributed by atoms with E-state index in [4.69, 9.17) is 4.74 Å². The Morgan fingerprint density at radius 1 is 1.44 bits per heavy atom. The normalized spacial score (nSPS) is 10.7. The van der Waals surface area contributed by atoms with Gasteiger partial charge in [-0.05, 0) is 25.2 Å². The molecule has 0 atom stereocenters. The van der Waals surface area contributed by atoms with Crippen molar-refractivity contribution in [3.63, 3.8) is 0 Å². The van der Waals surface area contributed by atoms with E-state index in [1.807, 2.05) is 24.7 Å². The lowest BCUT2D eigenvalue weighted by Crippen LogP contribution is -2.07. The molecular formula is C13H16FN3O. The van der Waals surface area contributed by atoms with E-state index in [-0.39, 0.29) is 11.6 Å². The van der Waals surface area contributed by atoms with Crippen LogP contribution in [0.15, 0.2) is 24.5 Å². The molecule has 0 amide bonds. The highest BCUT2D eigenvalue weighted by molar-refractivity contribution is 5.63. The summed E-state index contributed by atoms with van der Waals surface area (Å²) in [4.78, 5) is 4.30. The van der Waals surface area contributed by atoms with E-state index in [2.05, 4.69) is 10.3 Å². The molecule has 2 aromatic rings. The Labute approximate surface area is 105 Å². The number of hydrogen-bond donors (Lipinski definition) is 1. The Balaban J connectivity index is 2.48. The Morgan fingerprint density at radius 3 is 2.83 bits per heavy atom. The second-order valence-corrected chi connectivity index (χ2v) is 4.03. The van der Waals surface area contributed by atoms with Crippen LogP contribution in [-0.4, -0.2) is 23.7 Å². The number of rotatable bonds is 4. The highest BCUT2D eigenvalue weighted by Crippen LogP contribution is 2.27. The van der Waals surface area contributed by atoms with E-state index in [0.29, 0.717) is 6.54 Å². The van der Waals surface area contributed by atoms with Crippen LogP contribution < -0.4 is 10.1 Å². The zero-order valence-corrected chi connectivity index (χ0v) is 10.7. The predicted octanol–water partition coefficient (Wildman–Crippen LogP) is 1.95. The van der Waals surface area contributed by atoms with Crippen LogP contribution in [0.4, 0.5) is 4.39 Å². The van der Waals surface area contributed by atoms with Gasteiger partial charge in [-0.25, -0.2) is 9.37 Å². The molecule has 1 aromatic heterocycles. The summed E-state index contributed by atoms with van der Waals surface area (Å²) in [5.74, 6) is -0.123. The average Bonchev–Trinajstić information content (AvgIpc) is 2.71. The van der Waals surface area contributed by atoms with Crippen LogP contribution in [-0.2, 0) is 13.6 Å². The number of nitrogens with one attached hydrogen (secondary N) is 1. The molecule has 0 aliphatic carbocycles. The van der Waals surface area contributed by atoms with Crippen molar-refractivity contribution >= 4 is 0 Å². The van der Waals surface area contributed by atoms with Crippen LogP contribution in [0.3, 0.4) is 0 Å². The van der Waals surface area contributed by atoms with Gasteiger partial charge in [-0.15, -0.1) is 0 Å². The van der Waals surface area contributed by atoms with Crippen molar-refractivity contribution in [1.29, 1.82) is 0 Å². The van der Waals surface area contributed by atoms with Crippen molar-refractivity contribution in [2.45, 2.75) is 6.54 Å². The molecule has 96 valence electrons. The van der Waals surface area contributed by atoms with E-state index >= 15 is 0 Å². The van der Waals surface area contributed by atoms with Crippen molar-refractivity contribution in [1.82, 2.24) is 14.9 Å². The second-order valence-electron chi connectivity index (χ2n) is 4.03. The highest BCUT2D eigenvalue weighted by atomic mass is 19.1. The van der Waals surface area contributed by atoms with E-state index in [0.717, 1.165) is 17.0 Å². The standard InChI is InChI=1S/C13H16FN3O/c1-15-7-11-13(17(2)8-16-11)9-4-5-12(18-3)10(14)6-9/h4-6,8,15H,7H2,1-3H3. The number of halogens is 1. The van der Waals surface area contributed by atoms with Gasteiger partial charge in [-0.2, -0.15) is 0 Å². The number of nitrogens with zero attached hydrogens (tertiary/aromatic N) is 2. The largest absolute Gasteiger partial charge is 0.494 e. The van der Waals surface area contributed by atoms with Crippen LogP contribution >= 0.6 is 0 Å². The average molecular weight is 249 g/mol. The summed E-state index contributed by atoms with van der Waals surface area (Å²) in [7, 11) is 5.20. The minimum Gasteiger partial charge on any atom is -0.494 e. The number of aryl methyl sites for hydroxylation is 1. The molecule has 4 nitrogen and oxygen atoms in total. The van der Waals surface area contributed by atoms with Crippen LogP contribution in [0.1, 0.15) is 5.69 Å². The molecule has 0 bridgehead atoms. The van der Waals surface area contributed by atoms with Gasteiger partial charge < -0.3 is 14.6 Å². The first-order valence-corrected chi connectivity index (χ1v) is 5.66. The van der Waals surface area contributed by atoms with Gasteiger partial charge >= 0.3 is 0 Å². The SMILES string of the molecule is CNCc1ncn(C)c1-c1ccc(OC)c(F)c1. The number of hydrogen-bond acceptors (Lipinski definition) is 3. The Morgan fingerprint density at radius 2 is 2.22 bits per heavy atom. The zero-order valence-electron chi connectivity index (χ0n) is 10.7. The van der Waals surface area contributed by atoms with Crippen molar-refractivity contribution in [2.24, 2.45) is 7.05 Å². The number of benzene rings is 1. The number of methoxy groups -OCH3 is 1. The lowest BCUT2D eigenvalue weighted by atomic mass is 10.1. The second kappa shape index (κ2) is 5.18. The van der Waals surface area contributed by atoms with Crippen LogP contribution in [0, 0.1) is 5.82 Å². The number of ether oxygens (including phenoxy) is 1. The van der Waals surface area contributed by atoms with Gasteiger partial charge in [0.15, 0.2) is 11.6 Å². The molecule has 0 radical (unpaired) electrons. The third kappa shape index (κ3) is 2.22. The fraction of sp³-hybridized carbons (Fsp3) is 0.308. The van der Waals surface area contributed by atoms with Gasteiger partial charge in [-0.1, -0.05) is 0 Å². The van der Waals surface area contributed by atoms with Crippen molar-refractivity contribution in [2.75, 3.05) is 14.2 Å². The van der Waals surface area contributed by atoms with Crippen molar-refractivity contribution in [3.8, 4) is 17.0 Å². The molecule has 0 spiro atoms. The topological polar surface area (TPSA) is 39.1 Å². The lowest BCUT2D eigenvalue weighted by Gasteiger charge is -2.08. The van der Waals surface area contributed by atoms with Crippen LogP contribution in [0.5, 0.6) is 5.75 Å². The molecule has 1 aromatic carbocycles. The molecule has 5 heteroatoms. The maximum atomic E-state index is 13.7. The third-order valence-corrected chi connectivity index (χ3v) is 2.78. The lowest BCUT2D eigenvalue weighted by molar-refractivity contribution is 0.386. The maximum Gasteiger partial charge on any atom is 0.165 e. The minimum absolute atomic E-state index is 0.246. The molecule has 1 N–H and O–H groups in total. The first-order valence-electron chi connectivity index (χ1n) is 5.66. The van der Waals surface area contributed by atoms with E-state index in [1.54, 1.807) is 12.4 Å². The van der Waals surface area contributed by atoms with E-state index < -0.39 is 0 Å². The van der Waals surface area contributed by atoms with Crippen LogP contribution in [0.2, 0.25) is 0 Å². The third-order valence-electron chi connectivity index (χ3n) is 2.78. The zero-order chi connectivity index (χ0) is 13.1. The first-order chi connectivity index (χ1) is 8.67. The Kier molecular flexibility index (Phi) is 3.62. The quantitative estimate of drug-likeness (QED) is 0.900. The Bertz CT molecular complexity index is 551. The predicted molar refractivity (Wildman–Crippen MR) is 67.9 cm³/mol. The summed E-state index contributed by atoms with van der Waals surface area (Å²) in [5, 5.41) is 3.05. The molecule has 0 unspecified atom stereocenters. The molecular weight excluding hydrogens is 233 g/mol. The summed E-state index contributed by atoms with van der Waals surface area (Å²) >= 11 is 0. The van der Waals surface area contributed by atoms with Gasteiger partial charge in [0.1, 0.15) is 0 Å². The molecule has 2 rings (SSSR count). The monoisotopic (exact) mass is 249 g/mol. The summed E-state index contributed by atoms with van der Waals surface area (Å²) in [6.07, 6.45) is 1.73. The number of aromatic nitrogens is 2. The van der Waals surface area contributed by atoms with E-state index in [9.17, 15) is 4.39 Å². The summed E-state index contributed by atoms with van der Waals surface area (Å²) < 4.78 is 20.5. The maximum absolute atomic E-state index is 13.7. The summed E-state index contributed by atoms with van der Waals surface area (Å²) in [6, 6.07) is 4.92. The smallest absolute Gasteiger partial charge is 0.165 e. The Hall–Kier alpha value is -1.88. The molecule has 0 aliphatic rings. The molecule has 18 heavy (non-hydrogen) atoms. The fourth-order valence-corrected chi connectivity index (χ4v) is 1.96. The van der Waals surface area contributed by atoms with Gasteiger partial charge in [-0.3, -0.25) is 0 Å². The molecule has 0 fully saturated rings. The summed E-state index contributed by atoms with van der Waals surface area (Å²) in [5.41, 5.74) is 2.59. The molecule has 0 saturated carbocycles. The fourth-order valence-electron chi connectivity index (χ4n) is 1.96. The molecule has 0 saturated heterocycles. The van der Waals surface area contributed by atoms with Gasteiger partial charge in [0.25, 0.3) is 0 Å². The molecule has 0 aliphatic heterocycles. The van der Waals surface area contributed by atoms with Gasteiger partial charge in [0.2, 0.25) is 0 Å². The van der Waals surface area contributed by atoms with Crippen LogP contribution in [0.25, 0.3) is 11.3 Å². The highest BCUT2D eigenvalue weighted by Gasteiger charge is 2.12. The van der Waals surface area contributed by atoms with Crippen molar-refractivity contribution < 1.29 is 9.13 Å². The van der Waals surface area contributed by atoms with Crippen molar-refractivity contribution in [3.05, 3.63) is 36.0 Å². The minimum atomic E-state index is -0.369. The van der Waals surface area contributed by atoms with Gasteiger partial charge in [0.05, 0.1) is 24.8 Å². The van der Waals surface area contributed by atoms with E-state index in [1.165, 1.54) is 13.2 Å².